The average molecular weight is 498 g/mol. The largest absolute Gasteiger partial charge is 0.493 e. The maximum atomic E-state index is 13.9. The van der Waals surface area contributed by atoms with Gasteiger partial charge in [0, 0.05) is 32.3 Å². The number of nitrogens with zero attached hydrogens (tertiary/aromatic N) is 3. The molecule has 0 saturated carbocycles. The third-order valence-corrected chi connectivity index (χ3v) is 6.53. The molecule has 0 unspecified atom stereocenters. The number of rotatable bonds is 11. The molecule has 1 aromatic heterocycles. The Hall–Kier alpha value is -3.10. The minimum Gasteiger partial charge on any atom is -0.493 e. The van der Waals surface area contributed by atoms with Gasteiger partial charge in [0.2, 0.25) is 0 Å². The van der Waals surface area contributed by atoms with Gasteiger partial charge in [-0.25, -0.2) is 4.39 Å². The van der Waals surface area contributed by atoms with E-state index in [1.54, 1.807) is 25.3 Å². The monoisotopic (exact) mass is 497 g/mol. The van der Waals surface area contributed by atoms with Gasteiger partial charge < -0.3 is 19.3 Å². The van der Waals surface area contributed by atoms with E-state index < -0.39 is 11.4 Å². The fourth-order valence-corrected chi connectivity index (χ4v) is 4.50. The smallest absolute Gasteiger partial charge is 0.165 e. The van der Waals surface area contributed by atoms with Gasteiger partial charge in [-0.1, -0.05) is 18.2 Å². The van der Waals surface area contributed by atoms with Crippen molar-refractivity contribution in [3.05, 3.63) is 71.8 Å². The SMILES string of the molecule is COc1cc(CN2CCC[C@](O)(COc3ccccc3F)CC2)ccc1OCCCn1cc(C)cn1. The third kappa shape index (κ3) is 7.21. The van der Waals surface area contributed by atoms with E-state index in [-0.39, 0.29) is 12.4 Å². The predicted octanol–water partition coefficient (Wildman–Crippen LogP) is 4.60. The van der Waals surface area contributed by atoms with Gasteiger partial charge in [-0.15, -0.1) is 0 Å². The predicted molar refractivity (Wildman–Crippen MR) is 136 cm³/mol. The fraction of sp³-hybridized carbons (Fsp3) is 0.464. The van der Waals surface area contributed by atoms with Crippen molar-refractivity contribution in [1.29, 1.82) is 0 Å². The first-order valence-corrected chi connectivity index (χ1v) is 12.5. The van der Waals surface area contributed by atoms with E-state index in [0.29, 0.717) is 25.2 Å². The summed E-state index contributed by atoms with van der Waals surface area (Å²) in [4.78, 5) is 2.32. The van der Waals surface area contributed by atoms with E-state index in [1.165, 1.54) is 6.07 Å². The van der Waals surface area contributed by atoms with Gasteiger partial charge >= 0.3 is 0 Å². The third-order valence-electron chi connectivity index (χ3n) is 6.53. The summed E-state index contributed by atoms with van der Waals surface area (Å²) in [6.07, 6.45) is 6.75. The molecule has 1 N–H and O–H groups in total. The summed E-state index contributed by atoms with van der Waals surface area (Å²) in [7, 11) is 1.65. The van der Waals surface area contributed by atoms with Crippen molar-refractivity contribution in [1.82, 2.24) is 14.7 Å². The van der Waals surface area contributed by atoms with Gasteiger partial charge in [-0.2, -0.15) is 5.10 Å². The summed E-state index contributed by atoms with van der Waals surface area (Å²) in [5.41, 5.74) is 1.30. The highest BCUT2D eigenvalue weighted by Crippen LogP contribution is 2.30. The highest BCUT2D eigenvalue weighted by atomic mass is 19.1. The Balaban J connectivity index is 1.26. The van der Waals surface area contributed by atoms with Gasteiger partial charge in [0.05, 0.1) is 25.5 Å². The first-order chi connectivity index (χ1) is 17.4. The molecule has 1 aliphatic heterocycles. The minimum absolute atomic E-state index is 0.0850. The molecule has 2 heterocycles. The van der Waals surface area contributed by atoms with Crippen LogP contribution < -0.4 is 14.2 Å². The van der Waals surface area contributed by atoms with E-state index in [9.17, 15) is 9.50 Å². The molecule has 0 amide bonds. The number of para-hydroxylation sites is 1. The minimum atomic E-state index is -0.971. The number of ether oxygens (including phenoxy) is 3. The van der Waals surface area contributed by atoms with Crippen LogP contribution in [0.5, 0.6) is 17.2 Å². The van der Waals surface area contributed by atoms with Gasteiger partial charge in [-0.05, 0) is 68.1 Å². The number of hydrogen-bond donors (Lipinski definition) is 1. The summed E-state index contributed by atoms with van der Waals surface area (Å²) in [6.45, 7) is 5.84. The Labute approximate surface area is 212 Å². The molecular formula is C28H36FN3O4. The number of aromatic nitrogens is 2. The first kappa shape index (κ1) is 26.0. The molecule has 1 saturated heterocycles. The maximum absolute atomic E-state index is 13.9. The Morgan fingerprint density at radius 2 is 1.92 bits per heavy atom. The number of benzene rings is 2. The second kappa shape index (κ2) is 12.2. The zero-order valence-electron chi connectivity index (χ0n) is 21.2. The van der Waals surface area contributed by atoms with E-state index in [0.717, 1.165) is 55.9 Å². The molecule has 0 bridgehead atoms. The number of aliphatic hydroxyl groups is 1. The first-order valence-electron chi connectivity index (χ1n) is 12.5. The van der Waals surface area contributed by atoms with Gasteiger partial charge in [0.15, 0.2) is 23.1 Å². The topological polar surface area (TPSA) is 69.0 Å². The van der Waals surface area contributed by atoms with Crippen LogP contribution in [-0.2, 0) is 13.1 Å². The quantitative estimate of drug-likeness (QED) is 0.391. The highest BCUT2D eigenvalue weighted by Gasteiger charge is 2.31. The Bertz CT molecular complexity index is 1120. The number of halogens is 1. The normalized spacial score (nSPS) is 18.6. The van der Waals surface area contributed by atoms with Crippen molar-refractivity contribution in [2.45, 2.75) is 51.3 Å². The molecule has 3 aromatic rings. The number of methoxy groups -OCH3 is 1. The van der Waals surface area contributed by atoms with Crippen molar-refractivity contribution >= 4 is 0 Å². The lowest BCUT2D eigenvalue weighted by atomic mass is 9.96. The molecule has 0 radical (unpaired) electrons. The molecule has 1 atom stereocenters. The number of hydrogen-bond acceptors (Lipinski definition) is 6. The van der Waals surface area contributed by atoms with Crippen LogP contribution >= 0.6 is 0 Å². The Morgan fingerprint density at radius 3 is 2.69 bits per heavy atom. The summed E-state index contributed by atoms with van der Waals surface area (Å²) < 4.78 is 33.0. The molecule has 4 rings (SSSR count). The zero-order valence-corrected chi connectivity index (χ0v) is 21.2. The molecule has 2 aromatic carbocycles. The summed E-state index contributed by atoms with van der Waals surface area (Å²) in [6, 6.07) is 12.3. The van der Waals surface area contributed by atoms with Crippen LogP contribution in [0, 0.1) is 12.7 Å². The molecule has 194 valence electrons. The van der Waals surface area contributed by atoms with Gasteiger partial charge in [0.1, 0.15) is 6.61 Å². The van der Waals surface area contributed by atoms with Crippen LogP contribution in [0.2, 0.25) is 0 Å². The van der Waals surface area contributed by atoms with Crippen LogP contribution in [0.1, 0.15) is 36.8 Å². The second-order valence-electron chi connectivity index (χ2n) is 9.54. The van der Waals surface area contributed by atoms with E-state index >= 15 is 0 Å². The lowest BCUT2D eigenvalue weighted by molar-refractivity contribution is -0.0177. The van der Waals surface area contributed by atoms with E-state index in [4.69, 9.17) is 14.2 Å². The van der Waals surface area contributed by atoms with Crippen molar-refractivity contribution in [2.75, 3.05) is 33.4 Å². The average Bonchev–Trinajstić information content (AvgIpc) is 3.20. The summed E-state index contributed by atoms with van der Waals surface area (Å²) in [5.74, 6) is 1.21. The lowest BCUT2D eigenvalue weighted by Crippen LogP contribution is -2.37. The molecule has 36 heavy (non-hydrogen) atoms. The standard InChI is InChI=1S/C28H36FN3O4/c1-22-18-30-32(19-22)14-6-16-35-26-10-9-23(17-27(26)34-2)20-31-13-5-11-28(33,12-15-31)21-36-25-8-4-3-7-24(25)29/h3-4,7-10,17-19,33H,5-6,11-16,20-21H2,1-2H3/t28-/m1/s1. The maximum Gasteiger partial charge on any atom is 0.165 e. The summed E-state index contributed by atoms with van der Waals surface area (Å²) in [5, 5.41) is 15.4. The molecular weight excluding hydrogens is 461 g/mol. The summed E-state index contributed by atoms with van der Waals surface area (Å²) >= 11 is 0. The Kier molecular flexibility index (Phi) is 8.83. The van der Waals surface area contributed by atoms with Crippen molar-refractivity contribution < 1.29 is 23.7 Å². The number of likely N-dealkylation sites (tertiary alicyclic amines) is 1. The number of aryl methyl sites for hydroxylation is 2. The molecule has 7 nitrogen and oxygen atoms in total. The molecule has 0 aliphatic carbocycles. The van der Waals surface area contributed by atoms with Crippen molar-refractivity contribution in [2.24, 2.45) is 0 Å². The molecule has 0 spiro atoms. The van der Waals surface area contributed by atoms with Gasteiger partial charge in [-0.3, -0.25) is 9.58 Å². The van der Waals surface area contributed by atoms with Crippen molar-refractivity contribution in [3.63, 3.8) is 0 Å². The van der Waals surface area contributed by atoms with Crippen LogP contribution in [0.4, 0.5) is 4.39 Å². The molecule has 1 aliphatic rings. The van der Waals surface area contributed by atoms with Crippen LogP contribution in [0.15, 0.2) is 54.9 Å². The Morgan fingerprint density at radius 1 is 1.06 bits per heavy atom. The molecule has 1 fully saturated rings. The van der Waals surface area contributed by atoms with Crippen LogP contribution in [-0.4, -0.2) is 58.8 Å². The lowest BCUT2D eigenvalue weighted by Gasteiger charge is -2.27. The fourth-order valence-electron chi connectivity index (χ4n) is 4.50. The van der Waals surface area contributed by atoms with Crippen molar-refractivity contribution in [3.8, 4) is 17.2 Å². The van der Waals surface area contributed by atoms with Gasteiger partial charge in [0.25, 0.3) is 0 Å². The van der Waals surface area contributed by atoms with E-state index in [2.05, 4.69) is 16.1 Å². The van der Waals surface area contributed by atoms with Crippen LogP contribution in [0.25, 0.3) is 0 Å². The zero-order chi connectivity index (χ0) is 25.4. The highest BCUT2D eigenvalue weighted by molar-refractivity contribution is 5.43. The van der Waals surface area contributed by atoms with Crippen LogP contribution in [0.3, 0.4) is 0 Å². The van der Waals surface area contributed by atoms with E-state index in [1.807, 2.05) is 36.1 Å². The second-order valence-corrected chi connectivity index (χ2v) is 9.54. The molecule has 8 heteroatoms.